The fourth-order valence-corrected chi connectivity index (χ4v) is 1.88. The maximum atomic E-state index is 5.48. The van der Waals surface area contributed by atoms with Crippen LogP contribution in [-0.2, 0) is 22.6 Å². The van der Waals surface area contributed by atoms with Gasteiger partial charge in [0.25, 0.3) is 0 Å². The number of hydrogen-bond acceptors (Lipinski definition) is 3. The lowest BCUT2D eigenvalue weighted by Crippen LogP contribution is -2.24. The molecule has 0 aliphatic rings. The summed E-state index contributed by atoms with van der Waals surface area (Å²) in [6.07, 6.45) is 0. The van der Waals surface area contributed by atoms with Crippen LogP contribution in [0.1, 0.15) is 25.0 Å². The van der Waals surface area contributed by atoms with E-state index in [9.17, 15) is 0 Å². The van der Waals surface area contributed by atoms with E-state index < -0.39 is 0 Å². The minimum atomic E-state index is 0.536. The monoisotopic (exact) mass is 251 g/mol. The van der Waals surface area contributed by atoms with Crippen molar-refractivity contribution in [3.8, 4) is 0 Å². The molecule has 0 fully saturated rings. The highest BCUT2D eigenvalue weighted by Crippen LogP contribution is 2.10. The molecule has 0 saturated carbocycles. The summed E-state index contributed by atoms with van der Waals surface area (Å²) in [5, 5.41) is 3.47. The zero-order valence-electron chi connectivity index (χ0n) is 11.7. The van der Waals surface area contributed by atoms with Crippen LogP contribution >= 0.6 is 0 Å². The molecular formula is C15H25NO2. The third-order valence-electron chi connectivity index (χ3n) is 2.84. The number of ether oxygens (including phenoxy) is 2. The van der Waals surface area contributed by atoms with Crippen molar-refractivity contribution in [2.24, 2.45) is 5.92 Å². The van der Waals surface area contributed by atoms with Crippen LogP contribution in [0.4, 0.5) is 0 Å². The first-order valence-electron chi connectivity index (χ1n) is 6.62. The van der Waals surface area contributed by atoms with Crippen molar-refractivity contribution in [1.29, 1.82) is 0 Å². The highest BCUT2D eigenvalue weighted by Gasteiger charge is 2.03. The topological polar surface area (TPSA) is 30.5 Å². The number of hydrogen-bond donors (Lipinski definition) is 1. The molecule has 3 heteroatoms. The maximum absolute atomic E-state index is 5.48. The Morgan fingerprint density at radius 1 is 1.22 bits per heavy atom. The number of nitrogens with one attached hydrogen (secondary N) is 1. The lowest BCUT2D eigenvalue weighted by Gasteiger charge is -2.13. The highest BCUT2D eigenvalue weighted by atomic mass is 16.5. The average Bonchev–Trinajstić information content (AvgIpc) is 2.38. The Balaban J connectivity index is 2.40. The molecule has 3 nitrogen and oxygen atoms in total. The van der Waals surface area contributed by atoms with Gasteiger partial charge in [0.2, 0.25) is 0 Å². The molecule has 0 aromatic heterocycles. The van der Waals surface area contributed by atoms with E-state index in [-0.39, 0.29) is 0 Å². The molecule has 1 atom stereocenters. The van der Waals surface area contributed by atoms with E-state index >= 15 is 0 Å². The van der Waals surface area contributed by atoms with Crippen molar-refractivity contribution in [3.63, 3.8) is 0 Å². The van der Waals surface area contributed by atoms with Crippen molar-refractivity contribution in [2.75, 3.05) is 26.9 Å². The molecule has 0 bridgehead atoms. The second-order valence-electron chi connectivity index (χ2n) is 4.60. The van der Waals surface area contributed by atoms with Crippen molar-refractivity contribution in [2.45, 2.75) is 27.0 Å². The summed E-state index contributed by atoms with van der Waals surface area (Å²) in [6, 6.07) is 8.42. The van der Waals surface area contributed by atoms with Crippen LogP contribution < -0.4 is 5.32 Å². The van der Waals surface area contributed by atoms with Crippen molar-refractivity contribution in [3.05, 3.63) is 35.4 Å². The number of rotatable bonds is 9. The summed E-state index contributed by atoms with van der Waals surface area (Å²) in [6.45, 7) is 8.31. The highest BCUT2D eigenvalue weighted by molar-refractivity contribution is 5.26. The van der Waals surface area contributed by atoms with Crippen LogP contribution in [0.3, 0.4) is 0 Å². The second kappa shape index (κ2) is 9.09. The quantitative estimate of drug-likeness (QED) is 0.732. The fourth-order valence-electron chi connectivity index (χ4n) is 1.88. The minimum Gasteiger partial charge on any atom is -0.384 e. The van der Waals surface area contributed by atoms with Gasteiger partial charge in [-0.15, -0.1) is 0 Å². The lowest BCUT2D eigenvalue weighted by atomic mass is 10.1. The Hall–Kier alpha value is -0.900. The van der Waals surface area contributed by atoms with Crippen LogP contribution in [0.5, 0.6) is 0 Å². The molecule has 1 unspecified atom stereocenters. The summed E-state index contributed by atoms with van der Waals surface area (Å²) in [5.41, 5.74) is 2.59. The Morgan fingerprint density at radius 3 is 2.61 bits per heavy atom. The minimum absolute atomic E-state index is 0.536. The van der Waals surface area contributed by atoms with E-state index in [0.29, 0.717) is 12.5 Å². The maximum Gasteiger partial charge on any atom is 0.0719 e. The molecule has 1 rings (SSSR count). The van der Waals surface area contributed by atoms with E-state index in [1.54, 1.807) is 7.11 Å². The molecule has 0 aliphatic carbocycles. The van der Waals surface area contributed by atoms with Gasteiger partial charge in [0.15, 0.2) is 0 Å². The molecule has 1 aromatic rings. The third-order valence-corrected chi connectivity index (χ3v) is 2.84. The first-order valence-corrected chi connectivity index (χ1v) is 6.62. The number of benzene rings is 1. The predicted octanol–water partition coefficient (Wildman–Crippen LogP) is 2.60. The molecule has 0 saturated heterocycles. The van der Waals surface area contributed by atoms with E-state index in [2.05, 4.69) is 36.5 Å². The Kier molecular flexibility index (Phi) is 7.65. The predicted molar refractivity (Wildman–Crippen MR) is 74.5 cm³/mol. The van der Waals surface area contributed by atoms with Crippen molar-refractivity contribution >= 4 is 0 Å². The SMILES string of the molecule is CCOCc1ccccc1CNCC(C)COC. The van der Waals surface area contributed by atoms with Gasteiger partial charge in [-0.3, -0.25) is 0 Å². The molecule has 0 heterocycles. The van der Waals surface area contributed by atoms with E-state index in [1.165, 1.54) is 11.1 Å². The Morgan fingerprint density at radius 2 is 1.94 bits per heavy atom. The van der Waals surface area contributed by atoms with Gasteiger partial charge in [-0.25, -0.2) is 0 Å². The fraction of sp³-hybridized carbons (Fsp3) is 0.600. The van der Waals surface area contributed by atoms with E-state index in [0.717, 1.165) is 26.3 Å². The molecule has 1 N–H and O–H groups in total. The summed E-state index contributed by atoms with van der Waals surface area (Å²) < 4.78 is 10.6. The van der Waals surface area contributed by atoms with E-state index in [4.69, 9.17) is 9.47 Å². The van der Waals surface area contributed by atoms with Gasteiger partial charge >= 0.3 is 0 Å². The van der Waals surface area contributed by atoms with Crippen LogP contribution in [0.15, 0.2) is 24.3 Å². The summed E-state index contributed by atoms with van der Waals surface area (Å²) >= 11 is 0. The van der Waals surface area contributed by atoms with Crippen LogP contribution in [-0.4, -0.2) is 26.9 Å². The zero-order chi connectivity index (χ0) is 13.2. The van der Waals surface area contributed by atoms with Gasteiger partial charge in [0.1, 0.15) is 0 Å². The van der Waals surface area contributed by atoms with Gasteiger partial charge in [-0.05, 0) is 24.0 Å². The first kappa shape index (κ1) is 15.2. The van der Waals surface area contributed by atoms with Gasteiger partial charge in [0, 0.05) is 33.4 Å². The standard InChI is InChI=1S/C15H25NO2/c1-4-18-12-15-8-6-5-7-14(15)10-16-9-13(2)11-17-3/h5-8,13,16H,4,9-12H2,1-3H3. The Bertz CT molecular complexity index is 328. The normalized spacial score (nSPS) is 12.6. The number of methoxy groups -OCH3 is 1. The van der Waals surface area contributed by atoms with Gasteiger partial charge in [0.05, 0.1) is 6.61 Å². The van der Waals surface area contributed by atoms with Gasteiger partial charge < -0.3 is 14.8 Å². The Labute approximate surface area is 110 Å². The zero-order valence-corrected chi connectivity index (χ0v) is 11.7. The van der Waals surface area contributed by atoms with Gasteiger partial charge in [-0.2, -0.15) is 0 Å². The van der Waals surface area contributed by atoms with Crippen LogP contribution in [0.2, 0.25) is 0 Å². The molecule has 18 heavy (non-hydrogen) atoms. The van der Waals surface area contributed by atoms with E-state index in [1.807, 2.05) is 6.92 Å². The smallest absolute Gasteiger partial charge is 0.0719 e. The third kappa shape index (κ3) is 5.63. The lowest BCUT2D eigenvalue weighted by molar-refractivity contribution is 0.133. The van der Waals surface area contributed by atoms with Crippen molar-refractivity contribution in [1.82, 2.24) is 5.32 Å². The molecular weight excluding hydrogens is 226 g/mol. The largest absolute Gasteiger partial charge is 0.384 e. The summed E-state index contributed by atoms with van der Waals surface area (Å²) in [7, 11) is 1.74. The molecule has 102 valence electrons. The average molecular weight is 251 g/mol. The molecule has 0 radical (unpaired) electrons. The molecule has 0 aliphatic heterocycles. The van der Waals surface area contributed by atoms with Crippen LogP contribution in [0, 0.1) is 5.92 Å². The van der Waals surface area contributed by atoms with Crippen LogP contribution in [0.25, 0.3) is 0 Å². The summed E-state index contributed by atoms with van der Waals surface area (Å²) in [4.78, 5) is 0. The summed E-state index contributed by atoms with van der Waals surface area (Å²) in [5.74, 6) is 0.536. The van der Waals surface area contributed by atoms with Crippen molar-refractivity contribution < 1.29 is 9.47 Å². The second-order valence-corrected chi connectivity index (χ2v) is 4.60. The molecule has 0 amide bonds. The van der Waals surface area contributed by atoms with Gasteiger partial charge in [-0.1, -0.05) is 31.2 Å². The molecule has 1 aromatic carbocycles. The first-order chi connectivity index (χ1) is 8.77. The molecule has 0 spiro atoms.